The van der Waals surface area contributed by atoms with E-state index in [0.29, 0.717) is 4.68 Å². The van der Waals surface area contributed by atoms with Gasteiger partial charge in [-0.15, -0.1) is 0 Å². The zero-order valence-electron chi connectivity index (χ0n) is 11.4. The van der Waals surface area contributed by atoms with Gasteiger partial charge in [0.25, 0.3) is 0 Å². The third-order valence-electron chi connectivity index (χ3n) is 2.84. The Hall–Kier alpha value is -1.88. The van der Waals surface area contributed by atoms with E-state index in [4.69, 9.17) is 0 Å². The first-order chi connectivity index (χ1) is 9.66. The molecule has 0 aromatic carbocycles. The first-order valence-electron chi connectivity index (χ1n) is 5.72. The van der Waals surface area contributed by atoms with E-state index in [1.807, 2.05) is 0 Å². The van der Waals surface area contributed by atoms with Crippen LogP contribution in [0.5, 0.6) is 0 Å². The fraction of sp³-hybridized carbons (Fsp3) is 0.700. The highest BCUT2D eigenvalue weighted by molar-refractivity contribution is 5.44. The van der Waals surface area contributed by atoms with Crippen LogP contribution in [-0.4, -0.2) is 26.8 Å². The molecular weight excluding hydrogens is 327 g/mol. The first kappa shape index (κ1) is 18.2. The molecule has 1 rings (SSSR count). The van der Waals surface area contributed by atoms with Gasteiger partial charge >= 0.3 is 23.7 Å². The van der Waals surface area contributed by atoms with Gasteiger partial charge in [0.2, 0.25) is 5.69 Å². The molecule has 1 aromatic heterocycles. The van der Waals surface area contributed by atoms with Crippen molar-refractivity contribution in [2.45, 2.75) is 44.8 Å². The fourth-order valence-corrected chi connectivity index (χ4v) is 1.77. The summed E-state index contributed by atoms with van der Waals surface area (Å²) in [5, 5.41) is 13.7. The van der Waals surface area contributed by atoms with Crippen LogP contribution in [0.4, 0.5) is 36.4 Å². The minimum absolute atomic E-state index is 0.548. The molecule has 0 N–H and O–H groups in total. The molecule has 0 saturated heterocycles. The number of nitrogens with zero attached hydrogens (tertiary/aromatic N) is 3. The predicted octanol–water partition coefficient (Wildman–Crippen LogP) is 3.97. The van der Waals surface area contributed by atoms with E-state index in [-0.39, 0.29) is 0 Å². The smallest absolute Gasteiger partial charge is 0.260 e. The summed E-state index contributed by atoms with van der Waals surface area (Å²) in [6.07, 6.45) is -6.60. The Morgan fingerprint density at radius 3 is 1.91 bits per heavy atom. The van der Waals surface area contributed by atoms with Crippen LogP contribution >= 0.6 is 0 Å². The molecule has 0 atom stereocenters. The second kappa shape index (κ2) is 5.09. The van der Waals surface area contributed by atoms with E-state index in [1.54, 1.807) is 0 Å². The van der Waals surface area contributed by atoms with Crippen molar-refractivity contribution < 1.29 is 35.7 Å². The van der Waals surface area contributed by atoms with E-state index >= 15 is 0 Å². The highest BCUT2D eigenvalue weighted by Crippen LogP contribution is 2.53. The summed E-state index contributed by atoms with van der Waals surface area (Å²) in [7, 11) is 0. The van der Waals surface area contributed by atoms with Crippen LogP contribution in [-0.2, 0) is 5.92 Å². The first-order valence-corrected chi connectivity index (χ1v) is 5.72. The van der Waals surface area contributed by atoms with Gasteiger partial charge in [-0.3, -0.25) is 14.8 Å². The summed E-state index contributed by atoms with van der Waals surface area (Å²) in [6, 6.07) is -0.761. The largest absolute Gasteiger partial charge is 0.460 e. The number of aromatic nitrogens is 2. The van der Waals surface area contributed by atoms with E-state index in [2.05, 4.69) is 5.10 Å². The maximum atomic E-state index is 13.7. The van der Waals surface area contributed by atoms with Gasteiger partial charge in [-0.1, -0.05) is 0 Å². The second-order valence-corrected chi connectivity index (χ2v) is 4.72. The van der Waals surface area contributed by atoms with E-state index in [0.717, 1.165) is 6.92 Å². The lowest BCUT2D eigenvalue weighted by molar-refractivity contribution is -0.394. The average Bonchev–Trinajstić information content (AvgIpc) is 2.65. The summed E-state index contributed by atoms with van der Waals surface area (Å²) in [5.74, 6) is -12.4. The lowest BCUT2D eigenvalue weighted by Crippen LogP contribution is -2.50. The molecule has 0 aliphatic heterocycles. The van der Waals surface area contributed by atoms with Crippen molar-refractivity contribution in [2.75, 3.05) is 0 Å². The standard InChI is InChI=1S/C10H10F7N3O2/c1-4(2)19-5(3)6(20(21)22)7(18-19)8(11,12)9(13,14)10(15,16)17/h4H,1-3H3. The van der Waals surface area contributed by atoms with Gasteiger partial charge < -0.3 is 0 Å². The zero-order chi connectivity index (χ0) is 17.7. The quantitative estimate of drug-likeness (QED) is 0.474. The molecule has 0 spiro atoms. The van der Waals surface area contributed by atoms with Crippen molar-refractivity contribution >= 4 is 5.69 Å². The normalized spacial score (nSPS) is 13.8. The number of rotatable bonds is 4. The molecule has 1 heterocycles. The molecule has 0 saturated carbocycles. The summed E-state index contributed by atoms with van der Waals surface area (Å²) in [5.41, 5.74) is -4.33. The summed E-state index contributed by atoms with van der Waals surface area (Å²) < 4.78 is 90.5. The van der Waals surface area contributed by atoms with Crippen LogP contribution < -0.4 is 0 Å². The minimum Gasteiger partial charge on any atom is -0.260 e. The van der Waals surface area contributed by atoms with E-state index < -0.39 is 46.1 Å². The van der Waals surface area contributed by atoms with Crippen LogP contribution in [0.15, 0.2) is 0 Å². The van der Waals surface area contributed by atoms with Crippen LogP contribution in [0, 0.1) is 17.0 Å². The number of alkyl halides is 7. The molecule has 0 aliphatic carbocycles. The Balaban J connectivity index is 3.68. The monoisotopic (exact) mass is 337 g/mol. The molecule has 0 bridgehead atoms. The van der Waals surface area contributed by atoms with Gasteiger partial charge in [-0.05, 0) is 20.8 Å². The second-order valence-electron chi connectivity index (χ2n) is 4.72. The maximum absolute atomic E-state index is 13.7. The molecule has 22 heavy (non-hydrogen) atoms. The Bertz CT molecular complexity index is 592. The van der Waals surface area contributed by atoms with Crippen LogP contribution in [0.25, 0.3) is 0 Å². The molecule has 126 valence electrons. The lowest BCUT2D eigenvalue weighted by atomic mass is 10.1. The minimum atomic E-state index is -6.60. The number of nitro groups is 1. The topological polar surface area (TPSA) is 61.0 Å². The molecule has 12 heteroatoms. The van der Waals surface area contributed by atoms with Crippen molar-refractivity contribution in [3.05, 3.63) is 21.5 Å². The Morgan fingerprint density at radius 2 is 1.59 bits per heavy atom. The molecular formula is C10H10F7N3O2. The molecule has 0 fully saturated rings. The third kappa shape index (κ3) is 2.50. The number of halogens is 7. The van der Waals surface area contributed by atoms with E-state index in [9.17, 15) is 40.8 Å². The van der Waals surface area contributed by atoms with Gasteiger partial charge in [0.15, 0.2) is 0 Å². The zero-order valence-corrected chi connectivity index (χ0v) is 11.4. The molecule has 0 unspecified atom stereocenters. The van der Waals surface area contributed by atoms with Crippen molar-refractivity contribution in [3.8, 4) is 0 Å². The lowest BCUT2D eigenvalue weighted by Gasteiger charge is -2.26. The predicted molar refractivity (Wildman–Crippen MR) is 58.9 cm³/mol. The van der Waals surface area contributed by atoms with Crippen molar-refractivity contribution in [1.82, 2.24) is 9.78 Å². The van der Waals surface area contributed by atoms with Crippen LogP contribution in [0.1, 0.15) is 31.3 Å². The molecule has 0 radical (unpaired) electrons. The van der Waals surface area contributed by atoms with Gasteiger partial charge in [-0.2, -0.15) is 35.8 Å². The number of hydrogen-bond donors (Lipinski definition) is 0. The highest BCUT2D eigenvalue weighted by Gasteiger charge is 2.76. The Morgan fingerprint density at radius 1 is 1.14 bits per heavy atom. The molecule has 5 nitrogen and oxygen atoms in total. The highest BCUT2D eigenvalue weighted by atomic mass is 19.4. The maximum Gasteiger partial charge on any atom is 0.460 e. The van der Waals surface area contributed by atoms with Gasteiger partial charge in [0.1, 0.15) is 5.69 Å². The van der Waals surface area contributed by atoms with Crippen LogP contribution in [0.3, 0.4) is 0 Å². The van der Waals surface area contributed by atoms with Gasteiger partial charge in [0.05, 0.1) is 4.92 Å². The van der Waals surface area contributed by atoms with Gasteiger partial charge in [0, 0.05) is 6.04 Å². The van der Waals surface area contributed by atoms with E-state index in [1.165, 1.54) is 13.8 Å². The molecule has 1 aromatic rings. The van der Waals surface area contributed by atoms with Crippen LogP contribution in [0.2, 0.25) is 0 Å². The number of hydrogen-bond acceptors (Lipinski definition) is 3. The Kier molecular flexibility index (Phi) is 4.20. The fourth-order valence-electron chi connectivity index (χ4n) is 1.77. The summed E-state index contributed by atoms with van der Waals surface area (Å²) in [4.78, 5) is 9.33. The van der Waals surface area contributed by atoms with Gasteiger partial charge in [-0.25, -0.2) is 0 Å². The molecule has 0 amide bonds. The summed E-state index contributed by atoms with van der Waals surface area (Å²) in [6.45, 7) is 3.61. The third-order valence-corrected chi connectivity index (χ3v) is 2.84. The van der Waals surface area contributed by atoms with Crippen molar-refractivity contribution in [3.63, 3.8) is 0 Å². The Labute approximate surface area is 118 Å². The molecule has 0 aliphatic rings. The average molecular weight is 337 g/mol. The van der Waals surface area contributed by atoms with Crippen molar-refractivity contribution in [2.24, 2.45) is 0 Å². The summed E-state index contributed by atoms with van der Waals surface area (Å²) >= 11 is 0. The van der Waals surface area contributed by atoms with Crippen molar-refractivity contribution in [1.29, 1.82) is 0 Å². The SMILES string of the molecule is Cc1c([N+](=O)[O-])c(C(F)(F)C(F)(F)C(F)(F)F)nn1C(C)C.